The van der Waals surface area contributed by atoms with Crippen LogP contribution in [0.3, 0.4) is 0 Å². The molecule has 1 rings (SSSR count). The summed E-state index contributed by atoms with van der Waals surface area (Å²) in [4.78, 5) is 22.8. The molecule has 0 saturated heterocycles. The van der Waals surface area contributed by atoms with Gasteiger partial charge in [0.05, 0.1) is 19.6 Å². The molecule has 0 aliphatic heterocycles. The summed E-state index contributed by atoms with van der Waals surface area (Å²) in [6.45, 7) is 5.68. The molecule has 0 aliphatic rings. The lowest BCUT2D eigenvalue weighted by Crippen LogP contribution is -2.11. The van der Waals surface area contributed by atoms with Crippen molar-refractivity contribution in [2.75, 3.05) is 18.6 Å². The van der Waals surface area contributed by atoms with Gasteiger partial charge < -0.3 is 9.47 Å². The highest BCUT2D eigenvalue weighted by Crippen LogP contribution is 2.18. The summed E-state index contributed by atoms with van der Waals surface area (Å²) in [5.41, 5.74) is 3.25. The highest BCUT2D eigenvalue weighted by Gasteiger charge is 2.17. The van der Waals surface area contributed by atoms with Crippen LogP contribution >= 0.6 is 11.5 Å². The Hall–Kier alpha value is -2.03. The van der Waals surface area contributed by atoms with Gasteiger partial charge in [-0.2, -0.15) is 5.10 Å². The second-order valence-corrected chi connectivity index (χ2v) is 4.37. The first-order chi connectivity index (χ1) is 9.58. The van der Waals surface area contributed by atoms with Crippen LogP contribution in [0.2, 0.25) is 0 Å². The fourth-order valence-corrected chi connectivity index (χ4v) is 1.70. The Labute approximate surface area is 120 Å². The number of hydrazone groups is 1. The van der Waals surface area contributed by atoms with Crippen molar-refractivity contribution in [3.8, 4) is 0 Å². The number of hydrogen-bond acceptors (Lipinski definition) is 9. The fraction of sp³-hybridized carbons (Fsp3) is 0.545. The van der Waals surface area contributed by atoms with Gasteiger partial charge in [0.25, 0.3) is 0 Å². The molecule has 1 aromatic heterocycles. The summed E-state index contributed by atoms with van der Waals surface area (Å²) in [6, 6.07) is 0. The number of aromatic nitrogens is 2. The molecule has 0 atom stereocenters. The number of esters is 2. The predicted molar refractivity (Wildman–Crippen MR) is 73.8 cm³/mol. The normalized spacial score (nSPS) is 11.1. The van der Waals surface area contributed by atoms with Gasteiger partial charge in [0.15, 0.2) is 5.00 Å². The van der Waals surface area contributed by atoms with Crippen LogP contribution in [0.5, 0.6) is 0 Å². The lowest BCUT2D eigenvalue weighted by molar-refractivity contribution is -0.141. The van der Waals surface area contributed by atoms with Gasteiger partial charge in [0, 0.05) is 17.2 Å². The summed E-state index contributed by atoms with van der Waals surface area (Å²) < 4.78 is 13.3. The Bertz CT molecular complexity index is 500. The Balaban J connectivity index is 2.63. The minimum absolute atomic E-state index is 0.0712. The van der Waals surface area contributed by atoms with Crippen LogP contribution in [0.1, 0.15) is 37.7 Å². The van der Waals surface area contributed by atoms with Crippen molar-refractivity contribution in [1.82, 2.24) is 9.59 Å². The number of hydrogen-bond donors (Lipinski definition) is 1. The van der Waals surface area contributed by atoms with Crippen molar-refractivity contribution in [1.29, 1.82) is 0 Å². The first-order valence-electron chi connectivity index (χ1n) is 6.02. The van der Waals surface area contributed by atoms with Gasteiger partial charge in [-0.15, -0.1) is 5.10 Å². The number of nitrogens with one attached hydrogen (secondary N) is 1. The Morgan fingerprint density at radius 2 is 2.00 bits per heavy atom. The lowest BCUT2D eigenvalue weighted by atomic mass is 10.3. The molecule has 0 aliphatic carbocycles. The van der Waals surface area contributed by atoms with Gasteiger partial charge >= 0.3 is 11.9 Å². The van der Waals surface area contributed by atoms with Crippen molar-refractivity contribution in [2.45, 2.75) is 27.2 Å². The third-order valence-corrected chi connectivity index (χ3v) is 2.64. The third-order valence-electron chi connectivity index (χ3n) is 2.01. The molecule has 1 N–H and O–H groups in total. The highest BCUT2D eigenvalue weighted by molar-refractivity contribution is 7.10. The monoisotopic (exact) mass is 300 g/mol. The maximum atomic E-state index is 11.6. The van der Waals surface area contributed by atoms with E-state index in [0.29, 0.717) is 17.3 Å². The van der Waals surface area contributed by atoms with E-state index in [0.717, 1.165) is 11.5 Å². The quantitative estimate of drug-likeness (QED) is 0.462. The number of anilines is 1. The Morgan fingerprint density at radius 3 is 2.65 bits per heavy atom. The van der Waals surface area contributed by atoms with E-state index in [9.17, 15) is 9.59 Å². The zero-order chi connectivity index (χ0) is 15.0. The molecule has 0 aromatic carbocycles. The summed E-state index contributed by atoms with van der Waals surface area (Å²) in [5, 5.41) is 8.02. The van der Waals surface area contributed by atoms with Gasteiger partial charge in [0.2, 0.25) is 5.69 Å². The maximum absolute atomic E-state index is 11.6. The van der Waals surface area contributed by atoms with Crippen molar-refractivity contribution in [3.63, 3.8) is 0 Å². The summed E-state index contributed by atoms with van der Waals surface area (Å²) >= 11 is 0.979. The van der Waals surface area contributed by atoms with Crippen LogP contribution in [0.15, 0.2) is 5.10 Å². The van der Waals surface area contributed by atoms with E-state index >= 15 is 0 Å². The maximum Gasteiger partial charge on any atom is 0.362 e. The molecule has 0 amide bonds. The average Bonchev–Trinajstić information content (AvgIpc) is 2.85. The number of carbonyl (C=O) groups excluding carboxylic acids is 2. The van der Waals surface area contributed by atoms with E-state index in [4.69, 9.17) is 9.47 Å². The van der Waals surface area contributed by atoms with E-state index in [1.54, 1.807) is 20.8 Å². The minimum Gasteiger partial charge on any atom is -0.466 e. The zero-order valence-electron chi connectivity index (χ0n) is 11.5. The molecule has 0 saturated carbocycles. The molecule has 0 spiro atoms. The first-order valence-corrected chi connectivity index (χ1v) is 6.80. The van der Waals surface area contributed by atoms with E-state index < -0.39 is 5.97 Å². The van der Waals surface area contributed by atoms with Gasteiger partial charge in [-0.25, -0.2) is 4.79 Å². The van der Waals surface area contributed by atoms with Gasteiger partial charge in [-0.05, 0) is 20.8 Å². The number of carbonyl (C=O) groups is 2. The minimum atomic E-state index is -0.568. The van der Waals surface area contributed by atoms with Crippen molar-refractivity contribution in [2.24, 2.45) is 5.10 Å². The van der Waals surface area contributed by atoms with Crippen LogP contribution in [-0.4, -0.2) is 40.5 Å². The number of nitrogens with zero attached hydrogens (tertiary/aromatic N) is 3. The summed E-state index contributed by atoms with van der Waals surface area (Å²) in [6.07, 6.45) is 0.0712. The van der Waals surface area contributed by atoms with Gasteiger partial charge in [-0.1, -0.05) is 4.49 Å². The molecule has 0 bridgehead atoms. The van der Waals surface area contributed by atoms with E-state index in [1.165, 1.54) is 0 Å². The van der Waals surface area contributed by atoms with Crippen LogP contribution in [0.4, 0.5) is 5.00 Å². The molecule has 0 fully saturated rings. The fourth-order valence-electron chi connectivity index (χ4n) is 1.20. The second-order valence-electron chi connectivity index (χ2n) is 3.61. The average molecular weight is 300 g/mol. The van der Waals surface area contributed by atoms with Crippen molar-refractivity contribution < 1.29 is 19.1 Å². The SMILES string of the molecule is CCOC(=O)CC(C)=NNc1snnc1C(=O)OCC. The zero-order valence-corrected chi connectivity index (χ0v) is 12.3. The molecule has 1 aromatic rings. The van der Waals surface area contributed by atoms with E-state index in [2.05, 4.69) is 20.1 Å². The van der Waals surface area contributed by atoms with E-state index in [-0.39, 0.29) is 24.7 Å². The largest absolute Gasteiger partial charge is 0.466 e. The Morgan fingerprint density at radius 1 is 1.30 bits per heavy atom. The molecular formula is C11H16N4O4S. The molecule has 110 valence electrons. The molecular weight excluding hydrogens is 284 g/mol. The summed E-state index contributed by atoms with van der Waals surface area (Å²) in [5.74, 6) is -0.925. The second kappa shape index (κ2) is 8.20. The summed E-state index contributed by atoms with van der Waals surface area (Å²) in [7, 11) is 0. The molecule has 8 nitrogen and oxygen atoms in total. The van der Waals surface area contributed by atoms with Crippen molar-refractivity contribution >= 4 is 34.2 Å². The molecule has 9 heteroatoms. The van der Waals surface area contributed by atoms with Crippen molar-refractivity contribution in [3.05, 3.63) is 5.69 Å². The molecule has 20 heavy (non-hydrogen) atoms. The standard InChI is InChI=1S/C11H16N4O4S/c1-4-18-8(16)6-7(3)12-14-10-9(13-15-20-10)11(17)19-5-2/h14H,4-6H2,1-3H3. The van der Waals surface area contributed by atoms with Crippen LogP contribution in [0, 0.1) is 0 Å². The number of rotatable bonds is 7. The number of ether oxygens (including phenoxy) is 2. The highest BCUT2D eigenvalue weighted by atomic mass is 32.1. The van der Waals surface area contributed by atoms with E-state index in [1.807, 2.05) is 0 Å². The first kappa shape index (κ1) is 16.0. The molecule has 0 radical (unpaired) electrons. The topological polar surface area (TPSA) is 103 Å². The van der Waals surface area contributed by atoms with Gasteiger partial charge in [-0.3, -0.25) is 10.2 Å². The van der Waals surface area contributed by atoms with Crippen LogP contribution < -0.4 is 5.43 Å². The third kappa shape index (κ3) is 4.92. The van der Waals surface area contributed by atoms with Crippen LogP contribution in [0.25, 0.3) is 0 Å². The molecule has 1 heterocycles. The predicted octanol–water partition coefficient (Wildman–Crippen LogP) is 1.46. The Kier molecular flexibility index (Phi) is 6.57. The molecule has 0 unspecified atom stereocenters. The van der Waals surface area contributed by atoms with Crippen LogP contribution in [-0.2, 0) is 14.3 Å². The lowest BCUT2D eigenvalue weighted by Gasteiger charge is -2.03. The smallest absolute Gasteiger partial charge is 0.362 e. The van der Waals surface area contributed by atoms with Gasteiger partial charge in [0.1, 0.15) is 0 Å².